The van der Waals surface area contributed by atoms with Gasteiger partial charge in [-0.1, -0.05) is 36.1 Å². The summed E-state index contributed by atoms with van der Waals surface area (Å²) in [6, 6.07) is 6.73. The molecule has 0 saturated carbocycles. The van der Waals surface area contributed by atoms with Gasteiger partial charge in [0.15, 0.2) is 0 Å². The molecule has 2 aliphatic heterocycles. The molecule has 2 heterocycles. The first-order valence-corrected chi connectivity index (χ1v) is 10.0. The number of thiocarbonyl (C=S) groups is 1. The van der Waals surface area contributed by atoms with Crippen molar-refractivity contribution in [2.24, 2.45) is 0 Å². The predicted octanol–water partition coefficient (Wildman–Crippen LogP) is 1.45. The van der Waals surface area contributed by atoms with Gasteiger partial charge >= 0.3 is 5.97 Å². The zero-order valence-corrected chi connectivity index (χ0v) is 17.3. The van der Waals surface area contributed by atoms with Gasteiger partial charge in [-0.2, -0.15) is 0 Å². The third-order valence-corrected chi connectivity index (χ3v) is 6.03. The molecule has 0 aromatic heterocycles. The van der Waals surface area contributed by atoms with Crippen LogP contribution in [0.2, 0.25) is 0 Å². The molecule has 28 heavy (non-hydrogen) atoms. The van der Waals surface area contributed by atoms with Crippen LogP contribution in [0.3, 0.4) is 0 Å². The quantitative estimate of drug-likeness (QED) is 0.416. The number of likely N-dealkylation sites (N-methyl/N-ethyl adjacent to an activating group) is 1. The summed E-state index contributed by atoms with van der Waals surface area (Å²) in [4.78, 5) is 42.5. The first-order chi connectivity index (χ1) is 13.4. The Kier molecular flexibility index (Phi) is 6.48. The minimum atomic E-state index is -0.416. The molecular weight excluding hydrogens is 398 g/mol. The molecular formula is C19H21N3O4S2. The molecule has 0 spiro atoms. The monoisotopic (exact) mass is 419 g/mol. The Morgan fingerprint density at radius 3 is 2.43 bits per heavy atom. The van der Waals surface area contributed by atoms with Gasteiger partial charge < -0.3 is 14.5 Å². The molecule has 0 unspecified atom stereocenters. The SMILES string of the molecule is COC(=O)c1ccc(C=C2SC(=S)N(CC(=O)N3CCN(C)CC3)C2=O)cc1. The molecule has 0 aliphatic carbocycles. The molecule has 0 atom stereocenters. The third-order valence-electron chi connectivity index (χ3n) is 4.65. The fraction of sp³-hybridized carbons (Fsp3) is 0.368. The number of methoxy groups -OCH3 is 1. The van der Waals surface area contributed by atoms with E-state index >= 15 is 0 Å². The van der Waals surface area contributed by atoms with Crippen molar-refractivity contribution in [3.05, 3.63) is 40.3 Å². The molecule has 1 aromatic rings. The molecule has 0 bridgehead atoms. The zero-order chi connectivity index (χ0) is 20.3. The fourth-order valence-electron chi connectivity index (χ4n) is 2.91. The summed E-state index contributed by atoms with van der Waals surface area (Å²) in [5.41, 5.74) is 1.20. The van der Waals surface area contributed by atoms with Gasteiger partial charge in [-0.25, -0.2) is 4.79 Å². The number of benzene rings is 1. The smallest absolute Gasteiger partial charge is 0.337 e. The molecule has 2 fully saturated rings. The Labute approximate surface area is 173 Å². The van der Waals surface area contributed by atoms with E-state index in [1.165, 1.54) is 23.8 Å². The van der Waals surface area contributed by atoms with Gasteiger partial charge in [0.05, 0.1) is 17.6 Å². The van der Waals surface area contributed by atoms with Crippen LogP contribution in [0.15, 0.2) is 29.2 Å². The average Bonchev–Trinajstić information content (AvgIpc) is 2.95. The minimum absolute atomic E-state index is 0.0347. The number of carbonyl (C=O) groups excluding carboxylic acids is 3. The van der Waals surface area contributed by atoms with E-state index in [1.54, 1.807) is 35.2 Å². The van der Waals surface area contributed by atoms with Crippen molar-refractivity contribution in [2.45, 2.75) is 0 Å². The van der Waals surface area contributed by atoms with Crippen LogP contribution in [0.1, 0.15) is 15.9 Å². The van der Waals surface area contributed by atoms with Gasteiger partial charge in [0, 0.05) is 26.2 Å². The first-order valence-electron chi connectivity index (χ1n) is 8.79. The molecule has 148 valence electrons. The second-order valence-corrected chi connectivity index (χ2v) is 8.24. The van der Waals surface area contributed by atoms with Crippen molar-refractivity contribution in [1.82, 2.24) is 14.7 Å². The van der Waals surface area contributed by atoms with E-state index < -0.39 is 5.97 Å². The molecule has 0 radical (unpaired) electrons. The fourth-order valence-corrected chi connectivity index (χ4v) is 4.17. The molecule has 0 N–H and O–H groups in total. The Hall–Kier alpha value is -2.23. The summed E-state index contributed by atoms with van der Waals surface area (Å²) < 4.78 is 5.05. The number of thioether (sulfide) groups is 1. The summed E-state index contributed by atoms with van der Waals surface area (Å²) in [6.45, 7) is 2.93. The van der Waals surface area contributed by atoms with E-state index in [2.05, 4.69) is 9.64 Å². The molecule has 3 rings (SSSR count). The highest BCUT2D eigenvalue weighted by Gasteiger charge is 2.34. The number of piperazine rings is 1. The summed E-state index contributed by atoms with van der Waals surface area (Å²) in [6.07, 6.45) is 1.71. The van der Waals surface area contributed by atoms with Crippen molar-refractivity contribution in [3.63, 3.8) is 0 Å². The van der Waals surface area contributed by atoms with Crippen molar-refractivity contribution in [2.75, 3.05) is 46.9 Å². The Morgan fingerprint density at radius 2 is 1.82 bits per heavy atom. The lowest BCUT2D eigenvalue weighted by molar-refractivity contribution is -0.136. The van der Waals surface area contributed by atoms with E-state index in [1.807, 2.05) is 7.05 Å². The maximum atomic E-state index is 12.7. The van der Waals surface area contributed by atoms with Crippen molar-refractivity contribution < 1.29 is 19.1 Å². The number of rotatable bonds is 4. The molecule has 2 aliphatic rings. The maximum Gasteiger partial charge on any atom is 0.337 e. The number of hydrogen-bond acceptors (Lipinski definition) is 7. The number of nitrogens with zero attached hydrogens (tertiary/aromatic N) is 3. The largest absolute Gasteiger partial charge is 0.465 e. The van der Waals surface area contributed by atoms with Crippen LogP contribution in [-0.4, -0.2) is 83.7 Å². The summed E-state index contributed by atoms with van der Waals surface area (Å²) >= 11 is 6.49. The number of esters is 1. The lowest BCUT2D eigenvalue weighted by Crippen LogP contribution is -2.50. The van der Waals surface area contributed by atoms with E-state index in [0.29, 0.717) is 27.9 Å². The number of carbonyl (C=O) groups is 3. The van der Waals surface area contributed by atoms with Crippen LogP contribution in [0.4, 0.5) is 0 Å². The second-order valence-electron chi connectivity index (χ2n) is 6.57. The average molecular weight is 420 g/mol. The highest BCUT2D eigenvalue weighted by atomic mass is 32.2. The number of hydrogen-bond donors (Lipinski definition) is 0. The lowest BCUT2D eigenvalue weighted by Gasteiger charge is -2.33. The van der Waals surface area contributed by atoms with Crippen molar-refractivity contribution in [3.8, 4) is 0 Å². The van der Waals surface area contributed by atoms with E-state index in [0.717, 1.165) is 18.7 Å². The van der Waals surface area contributed by atoms with Crippen LogP contribution in [-0.2, 0) is 14.3 Å². The molecule has 1 aromatic carbocycles. The normalized spacial score (nSPS) is 19.4. The molecule has 7 nitrogen and oxygen atoms in total. The first kappa shape index (κ1) is 20.5. The number of ether oxygens (including phenoxy) is 1. The van der Waals surface area contributed by atoms with E-state index in [9.17, 15) is 14.4 Å². The maximum absolute atomic E-state index is 12.7. The predicted molar refractivity (Wildman–Crippen MR) is 112 cm³/mol. The van der Waals surface area contributed by atoms with Crippen LogP contribution in [0, 0.1) is 0 Å². The van der Waals surface area contributed by atoms with Gasteiger partial charge in [0.2, 0.25) is 5.91 Å². The second kappa shape index (κ2) is 8.85. The van der Waals surface area contributed by atoms with Crippen molar-refractivity contribution >= 4 is 52.2 Å². The highest BCUT2D eigenvalue weighted by molar-refractivity contribution is 8.26. The summed E-state index contributed by atoms with van der Waals surface area (Å²) in [5.74, 6) is -0.775. The van der Waals surface area contributed by atoms with Gasteiger partial charge in [-0.15, -0.1) is 0 Å². The highest BCUT2D eigenvalue weighted by Crippen LogP contribution is 2.32. The zero-order valence-electron chi connectivity index (χ0n) is 15.7. The Balaban J connectivity index is 1.66. The number of amides is 2. The van der Waals surface area contributed by atoms with E-state index in [4.69, 9.17) is 12.2 Å². The molecule has 2 saturated heterocycles. The Bertz CT molecular complexity index is 830. The van der Waals surface area contributed by atoms with Crippen LogP contribution in [0.5, 0.6) is 0 Å². The summed E-state index contributed by atoms with van der Waals surface area (Å²) in [5, 5.41) is 0. The van der Waals surface area contributed by atoms with E-state index in [-0.39, 0.29) is 18.4 Å². The topological polar surface area (TPSA) is 70.2 Å². The van der Waals surface area contributed by atoms with Crippen LogP contribution < -0.4 is 0 Å². The van der Waals surface area contributed by atoms with Gasteiger partial charge in [0.25, 0.3) is 5.91 Å². The Morgan fingerprint density at radius 1 is 1.18 bits per heavy atom. The van der Waals surface area contributed by atoms with Crippen LogP contribution in [0.25, 0.3) is 6.08 Å². The minimum Gasteiger partial charge on any atom is -0.465 e. The van der Waals surface area contributed by atoms with Gasteiger partial charge in [0.1, 0.15) is 10.9 Å². The van der Waals surface area contributed by atoms with Crippen molar-refractivity contribution in [1.29, 1.82) is 0 Å². The molecule has 2 amide bonds. The summed E-state index contributed by atoms with van der Waals surface area (Å²) in [7, 11) is 3.34. The van der Waals surface area contributed by atoms with Gasteiger partial charge in [-0.05, 0) is 30.8 Å². The van der Waals surface area contributed by atoms with Crippen LogP contribution >= 0.6 is 24.0 Å². The molecule has 9 heteroatoms. The third kappa shape index (κ3) is 4.60. The standard InChI is InChI=1S/C19H21N3O4S2/c1-20-7-9-21(10-8-20)16(23)12-22-17(24)15(28-19(22)27)11-13-3-5-14(6-4-13)18(25)26-2/h3-6,11H,7-10,12H2,1-2H3. The lowest BCUT2D eigenvalue weighted by atomic mass is 10.1. The van der Waals surface area contributed by atoms with Gasteiger partial charge in [-0.3, -0.25) is 14.5 Å².